The molecule has 11 heteroatoms. The predicted octanol–water partition coefficient (Wildman–Crippen LogP) is 7.22. The summed E-state index contributed by atoms with van der Waals surface area (Å²) in [6, 6.07) is 4.42. The summed E-state index contributed by atoms with van der Waals surface area (Å²) in [6.45, 7) is -0.187. The lowest BCUT2D eigenvalue weighted by Gasteiger charge is -2.33. The zero-order valence-electron chi connectivity index (χ0n) is 10.9. The Bertz CT molecular complexity index is 558. The summed E-state index contributed by atoms with van der Waals surface area (Å²) in [6.07, 6.45) is 0.197. The molecule has 0 atom stereocenters. The van der Waals surface area contributed by atoms with Crippen molar-refractivity contribution in [1.29, 1.82) is 0 Å². The first-order valence-electron chi connectivity index (χ1n) is 5.80. The van der Waals surface area contributed by atoms with Gasteiger partial charge in [-0.25, -0.2) is 0 Å². The number of aliphatic hydroxyl groups is 1. The quantitative estimate of drug-likeness (QED) is 0.414. The van der Waals surface area contributed by atoms with E-state index in [0.717, 1.165) is 0 Å². The highest BCUT2D eigenvalue weighted by atomic mass is 35.6. The fourth-order valence-electron chi connectivity index (χ4n) is 1.72. The highest BCUT2D eigenvalue weighted by molar-refractivity contribution is 6.76. The summed E-state index contributed by atoms with van der Waals surface area (Å²) < 4.78 is -8.01. The van der Waals surface area contributed by atoms with Crippen molar-refractivity contribution in [1.82, 2.24) is 0 Å². The minimum atomic E-state index is -2.08. The van der Waals surface area contributed by atoms with Crippen molar-refractivity contribution < 1.29 is 5.11 Å². The standard InChI is InChI=1S/C12H8Cl10O/c13-9(14,11(17,18)19)7-2-1-6(3-4-23)8(5-7)10(15,16)12(20,21)22/h1-2,5,23H,3-4H2. The van der Waals surface area contributed by atoms with Gasteiger partial charge in [0.15, 0.2) is 8.67 Å². The normalized spacial score (nSPS) is 14.2. The van der Waals surface area contributed by atoms with Gasteiger partial charge in [-0.15, -0.1) is 0 Å². The van der Waals surface area contributed by atoms with Crippen LogP contribution in [0.3, 0.4) is 0 Å². The van der Waals surface area contributed by atoms with Gasteiger partial charge in [0, 0.05) is 6.61 Å². The number of benzene rings is 1. The topological polar surface area (TPSA) is 20.2 Å². The number of alkyl halides is 10. The summed E-state index contributed by atoms with van der Waals surface area (Å²) in [5.41, 5.74) is 0.866. The first-order chi connectivity index (χ1) is 10.2. The smallest absolute Gasteiger partial charge is 0.227 e. The summed E-state index contributed by atoms with van der Waals surface area (Å²) >= 11 is 59.7. The molecule has 0 radical (unpaired) electrons. The molecular formula is C12H8Cl10O. The van der Waals surface area contributed by atoms with Crippen LogP contribution >= 0.6 is 116 Å². The summed E-state index contributed by atoms with van der Waals surface area (Å²) in [4.78, 5) is 0. The van der Waals surface area contributed by atoms with Crippen LogP contribution in [0.1, 0.15) is 16.7 Å². The van der Waals surface area contributed by atoms with Crippen molar-refractivity contribution >= 4 is 116 Å². The van der Waals surface area contributed by atoms with Crippen molar-refractivity contribution in [3.05, 3.63) is 34.9 Å². The Kier molecular flexibility index (Phi) is 8.03. The van der Waals surface area contributed by atoms with Crippen LogP contribution in [0.15, 0.2) is 18.2 Å². The summed E-state index contributed by atoms with van der Waals surface area (Å²) in [5.74, 6) is 0. The second kappa shape index (κ2) is 7.98. The van der Waals surface area contributed by atoms with Gasteiger partial charge >= 0.3 is 0 Å². The third-order valence-corrected chi connectivity index (χ3v) is 7.74. The molecule has 0 aliphatic heterocycles. The van der Waals surface area contributed by atoms with Crippen LogP contribution in [0.4, 0.5) is 0 Å². The Labute approximate surface area is 183 Å². The maximum absolute atomic E-state index is 9.17. The molecule has 1 nitrogen and oxygen atoms in total. The van der Waals surface area contributed by atoms with Gasteiger partial charge in [0.05, 0.1) is 0 Å². The Morgan fingerprint density at radius 2 is 1.22 bits per heavy atom. The van der Waals surface area contributed by atoms with Gasteiger partial charge in [0.1, 0.15) is 0 Å². The number of aliphatic hydroxyl groups excluding tert-OH is 1. The molecule has 1 rings (SSSR count). The first-order valence-corrected chi connectivity index (χ1v) is 9.58. The third kappa shape index (κ3) is 5.08. The molecule has 0 aliphatic carbocycles. The minimum Gasteiger partial charge on any atom is -0.396 e. The molecule has 0 spiro atoms. The van der Waals surface area contributed by atoms with Crippen LogP contribution < -0.4 is 0 Å². The first kappa shape index (κ1) is 23.1. The molecule has 0 amide bonds. The molecule has 0 saturated heterocycles. The molecule has 0 bridgehead atoms. The van der Waals surface area contributed by atoms with E-state index >= 15 is 0 Å². The fourth-order valence-corrected chi connectivity index (χ4v) is 2.94. The van der Waals surface area contributed by atoms with Crippen LogP contribution in [0.2, 0.25) is 0 Å². The monoisotopic (exact) mass is 518 g/mol. The molecule has 132 valence electrons. The second-order valence-electron chi connectivity index (χ2n) is 4.49. The van der Waals surface area contributed by atoms with E-state index in [1.54, 1.807) is 6.07 Å². The molecule has 1 aromatic rings. The minimum absolute atomic E-state index is 0.173. The molecule has 0 heterocycles. The Morgan fingerprint density at radius 3 is 1.61 bits per heavy atom. The Hall–Kier alpha value is 2.08. The van der Waals surface area contributed by atoms with E-state index in [1.807, 2.05) is 0 Å². The van der Waals surface area contributed by atoms with Crippen LogP contribution in [0.25, 0.3) is 0 Å². The molecule has 0 aliphatic rings. The maximum Gasteiger partial charge on any atom is 0.227 e. The molecule has 23 heavy (non-hydrogen) atoms. The average molecular weight is 523 g/mol. The molecule has 1 aromatic carbocycles. The van der Waals surface area contributed by atoms with E-state index in [0.29, 0.717) is 5.56 Å². The third-order valence-electron chi connectivity index (χ3n) is 2.90. The van der Waals surface area contributed by atoms with Gasteiger partial charge in [-0.2, -0.15) is 0 Å². The highest BCUT2D eigenvalue weighted by Crippen LogP contribution is 2.57. The van der Waals surface area contributed by atoms with Crippen LogP contribution in [0, 0.1) is 0 Å². The van der Waals surface area contributed by atoms with E-state index in [4.69, 9.17) is 116 Å². The summed E-state index contributed by atoms with van der Waals surface area (Å²) in [5, 5.41) is 9.17. The van der Waals surface area contributed by atoms with Crippen LogP contribution in [0.5, 0.6) is 0 Å². The number of hydrogen-bond acceptors (Lipinski definition) is 1. The lowest BCUT2D eigenvalue weighted by Crippen LogP contribution is -2.32. The number of halogens is 10. The van der Waals surface area contributed by atoms with E-state index in [-0.39, 0.29) is 24.2 Å². The fraction of sp³-hybridized carbons (Fsp3) is 0.500. The molecule has 0 fully saturated rings. The zero-order chi connectivity index (χ0) is 18.3. The van der Waals surface area contributed by atoms with Gasteiger partial charge in [-0.1, -0.05) is 128 Å². The Balaban J connectivity index is 3.58. The zero-order valence-corrected chi connectivity index (χ0v) is 18.4. The van der Waals surface area contributed by atoms with E-state index < -0.39 is 16.3 Å². The van der Waals surface area contributed by atoms with Crippen molar-refractivity contribution in [2.24, 2.45) is 0 Å². The van der Waals surface area contributed by atoms with Crippen molar-refractivity contribution in [3.63, 3.8) is 0 Å². The second-order valence-corrected chi connectivity index (χ2v) is 11.7. The Morgan fingerprint density at radius 1 is 0.739 bits per heavy atom. The van der Waals surface area contributed by atoms with Gasteiger partial charge in [0.2, 0.25) is 7.59 Å². The summed E-state index contributed by atoms with van der Waals surface area (Å²) in [7, 11) is 0. The molecule has 0 aromatic heterocycles. The van der Waals surface area contributed by atoms with E-state index in [2.05, 4.69) is 0 Å². The van der Waals surface area contributed by atoms with E-state index in [9.17, 15) is 5.11 Å². The molecular weight excluding hydrogens is 515 g/mol. The van der Waals surface area contributed by atoms with Gasteiger partial charge in [-0.3, -0.25) is 0 Å². The van der Waals surface area contributed by atoms with Crippen LogP contribution in [-0.2, 0) is 15.1 Å². The van der Waals surface area contributed by atoms with Crippen molar-refractivity contribution in [2.75, 3.05) is 6.61 Å². The number of hydrogen-bond donors (Lipinski definition) is 1. The molecule has 0 unspecified atom stereocenters. The van der Waals surface area contributed by atoms with Gasteiger partial charge in [0.25, 0.3) is 0 Å². The van der Waals surface area contributed by atoms with Crippen LogP contribution in [-0.4, -0.2) is 19.3 Å². The lowest BCUT2D eigenvalue weighted by atomic mass is 9.97. The lowest BCUT2D eigenvalue weighted by molar-refractivity contribution is 0.299. The van der Waals surface area contributed by atoms with Gasteiger partial charge < -0.3 is 5.11 Å². The van der Waals surface area contributed by atoms with Gasteiger partial charge in [-0.05, 0) is 29.2 Å². The van der Waals surface area contributed by atoms with Crippen molar-refractivity contribution in [2.45, 2.75) is 22.7 Å². The average Bonchev–Trinajstić information content (AvgIpc) is 2.36. The predicted molar refractivity (Wildman–Crippen MR) is 105 cm³/mol. The van der Waals surface area contributed by atoms with E-state index in [1.165, 1.54) is 12.1 Å². The SMILES string of the molecule is OCCc1ccc(C(Cl)(Cl)C(Cl)(Cl)Cl)cc1C(Cl)(Cl)C(Cl)(Cl)Cl. The highest BCUT2D eigenvalue weighted by Gasteiger charge is 2.51. The largest absolute Gasteiger partial charge is 0.396 e. The maximum atomic E-state index is 9.17. The van der Waals surface area contributed by atoms with Crippen molar-refractivity contribution in [3.8, 4) is 0 Å². The molecule has 0 saturated carbocycles. The molecule has 1 N–H and O–H groups in total. The number of rotatable bonds is 4.